The van der Waals surface area contributed by atoms with E-state index in [0.29, 0.717) is 12.1 Å². The van der Waals surface area contributed by atoms with Gasteiger partial charge in [0.2, 0.25) is 0 Å². The molecule has 3 aromatic rings. The summed E-state index contributed by atoms with van der Waals surface area (Å²) in [5.74, 6) is 0.394. The molecule has 3 rings (SSSR count). The highest BCUT2D eigenvalue weighted by atomic mass is 79.9. The standard InChI is InChI=1S/C19H19BrFN3O/c1-3-9-24-17-11-15(21)7-8-16(17)22-18(24)12-23(2)19(25)13-5-4-6-14(20)10-13/h4-8,10-11H,3,9,12H2,1-2H3. The van der Waals surface area contributed by atoms with Crippen LogP contribution >= 0.6 is 15.9 Å². The van der Waals surface area contributed by atoms with Crippen molar-refractivity contribution in [3.05, 3.63) is 64.1 Å². The number of fused-ring (bicyclic) bond motifs is 1. The van der Waals surface area contributed by atoms with Crippen LogP contribution in [0.3, 0.4) is 0 Å². The Morgan fingerprint density at radius 3 is 2.80 bits per heavy atom. The molecule has 2 aromatic carbocycles. The molecule has 4 nitrogen and oxygen atoms in total. The highest BCUT2D eigenvalue weighted by Gasteiger charge is 2.17. The van der Waals surface area contributed by atoms with Crippen molar-refractivity contribution in [2.45, 2.75) is 26.4 Å². The minimum Gasteiger partial charge on any atom is -0.334 e. The molecule has 0 fully saturated rings. The number of aryl methyl sites for hydroxylation is 1. The minimum absolute atomic E-state index is 0.0809. The average Bonchev–Trinajstić information content (AvgIpc) is 2.91. The highest BCUT2D eigenvalue weighted by molar-refractivity contribution is 9.10. The molecule has 1 amide bonds. The third kappa shape index (κ3) is 3.74. The molecular weight excluding hydrogens is 385 g/mol. The fraction of sp³-hybridized carbons (Fsp3) is 0.263. The third-order valence-electron chi connectivity index (χ3n) is 4.03. The van der Waals surface area contributed by atoms with Crippen molar-refractivity contribution in [2.75, 3.05) is 7.05 Å². The molecule has 6 heteroatoms. The molecule has 0 atom stereocenters. The fourth-order valence-electron chi connectivity index (χ4n) is 2.87. The Balaban J connectivity index is 1.91. The summed E-state index contributed by atoms with van der Waals surface area (Å²) in [6.07, 6.45) is 0.901. The lowest BCUT2D eigenvalue weighted by Gasteiger charge is -2.18. The van der Waals surface area contributed by atoms with Crippen LogP contribution in [0.1, 0.15) is 29.5 Å². The lowest BCUT2D eigenvalue weighted by molar-refractivity contribution is 0.0780. The summed E-state index contributed by atoms with van der Waals surface area (Å²) in [4.78, 5) is 18.9. The van der Waals surface area contributed by atoms with Crippen LogP contribution in [0.15, 0.2) is 46.9 Å². The van der Waals surface area contributed by atoms with Crippen LogP contribution in [0.25, 0.3) is 11.0 Å². The van der Waals surface area contributed by atoms with Gasteiger partial charge in [-0.2, -0.15) is 0 Å². The summed E-state index contributed by atoms with van der Waals surface area (Å²) in [6.45, 7) is 3.15. The third-order valence-corrected chi connectivity index (χ3v) is 4.53. The Morgan fingerprint density at radius 1 is 1.28 bits per heavy atom. The van der Waals surface area contributed by atoms with Crippen molar-refractivity contribution < 1.29 is 9.18 Å². The van der Waals surface area contributed by atoms with E-state index >= 15 is 0 Å². The van der Waals surface area contributed by atoms with Gasteiger partial charge in [0.05, 0.1) is 17.6 Å². The molecule has 0 N–H and O–H groups in total. The maximum absolute atomic E-state index is 13.6. The zero-order chi connectivity index (χ0) is 18.0. The Hall–Kier alpha value is -2.21. The molecule has 0 radical (unpaired) electrons. The summed E-state index contributed by atoms with van der Waals surface area (Å²) in [5.41, 5.74) is 2.12. The summed E-state index contributed by atoms with van der Waals surface area (Å²) in [6, 6.07) is 11.9. The van der Waals surface area contributed by atoms with E-state index in [1.165, 1.54) is 12.1 Å². The number of hydrogen-bond acceptors (Lipinski definition) is 2. The second-order valence-electron chi connectivity index (χ2n) is 5.98. The van der Waals surface area contributed by atoms with Gasteiger partial charge in [-0.3, -0.25) is 4.79 Å². The van der Waals surface area contributed by atoms with Crippen LogP contribution < -0.4 is 0 Å². The van der Waals surface area contributed by atoms with Crippen LogP contribution in [-0.2, 0) is 13.1 Å². The lowest BCUT2D eigenvalue weighted by atomic mass is 10.2. The Labute approximate surface area is 154 Å². The first kappa shape index (κ1) is 17.6. The number of benzene rings is 2. The normalized spacial score (nSPS) is 11.0. The average molecular weight is 404 g/mol. The zero-order valence-corrected chi connectivity index (χ0v) is 15.8. The van der Waals surface area contributed by atoms with Crippen molar-refractivity contribution in [1.82, 2.24) is 14.5 Å². The fourth-order valence-corrected chi connectivity index (χ4v) is 3.26. The summed E-state index contributed by atoms with van der Waals surface area (Å²) < 4.78 is 16.5. The zero-order valence-electron chi connectivity index (χ0n) is 14.2. The van der Waals surface area contributed by atoms with Gasteiger partial charge < -0.3 is 9.47 Å². The number of halogens is 2. The Bertz CT molecular complexity index is 922. The van der Waals surface area contributed by atoms with Crippen molar-refractivity contribution in [2.24, 2.45) is 0 Å². The molecule has 0 bridgehead atoms. The summed E-state index contributed by atoms with van der Waals surface area (Å²) in [7, 11) is 1.75. The molecule has 1 heterocycles. The van der Waals surface area contributed by atoms with Gasteiger partial charge in [0, 0.05) is 23.6 Å². The van der Waals surface area contributed by atoms with Crippen LogP contribution in [0.5, 0.6) is 0 Å². The van der Waals surface area contributed by atoms with E-state index in [-0.39, 0.29) is 11.7 Å². The number of hydrogen-bond donors (Lipinski definition) is 0. The molecule has 0 unspecified atom stereocenters. The topological polar surface area (TPSA) is 38.1 Å². The van der Waals surface area contributed by atoms with Crippen molar-refractivity contribution >= 4 is 32.9 Å². The first-order chi connectivity index (χ1) is 12.0. The molecule has 25 heavy (non-hydrogen) atoms. The van der Waals surface area contributed by atoms with E-state index in [4.69, 9.17) is 0 Å². The van der Waals surface area contributed by atoms with Crippen molar-refractivity contribution in [1.29, 1.82) is 0 Å². The van der Waals surface area contributed by atoms with Gasteiger partial charge in [-0.15, -0.1) is 0 Å². The van der Waals surface area contributed by atoms with Crippen LogP contribution in [0.2, 0.25) is 0 Å². The van der Waals surface area contributed by atoms with Gasteiger partial charge in [-0.25, -0.2) is 9.37 Å². The van der Waals surface area contributed by atoms with Gasteiger partial charge >= 0.3 is 0 Å². The van der Waals surface area contributed by atoms with Crippen molar-refractivity contribution in [3.8, 4) is 0 Å². The molecule has 0 spiro atoms. The Morgan fingerprint density at radius 2 is 2.08 bits per heavy atom. The largest absolute Gasteiger partial charge is 0.334 e. The quantitative estimate of drug-likeness (QED) is 0.623. The molecule has 1 aromatic heterocycles. The predicted molar refractivity (Wildman–Crippen MR) is 99.9 cm³/mol. The van der Waals surface area contributed by atoms with Crippen LogP contribution in [0.4, 0.5) is 4.39 Å². The van der Waals surface area contributed by atoms with E-state index in [0.717, 1.165) is 34.3 Å². The van der Waals surface area contributed by atoms with E-state index in [2.05, 4.69) is 27.8 Å². The first-order valence-electron chi connectivity index (χ1n) is 8.15. The van der Waals surface area contributed by atoms with Gasteiger partial charge in [-0.05, 0) is 42.8 Å². The molecule has 0 saturated carbocycles. The van der Waals surface area contributed by atoms with E-state index in [1.807, 2.05) is 16.7 Å². The molecule has 0 aliphatic rings. The number of aromatic nitrogens is 2. The molecule has 0 aliphatic heterocycles. The molecule has 130 valence electrons. The Kier molecular flexibility index (Phi) is 5.18. The second kappa shape index (κ2) is 7.35. The van der Waals surface area contributed by atoms with Gasteiger partial charge in [0.15, 0.2) is 0 Å². The maximum atomic E-state index is 13.6. The molecule has 0 aliphatic carbocycles. The maximum Gasteiger partial charge on any atom is 0.254 e. The number of nitrogens with zero attached hydrogens (tertiary/aromatic N) is 3. The van der Waals surface area contributed by atoms with E-state index in [1.54, 1.807) is 30.1 Å². The van der Waals surface area contributed by atoms with Crippen molar-refractivity contribution in [3.63, 3.8) is 0 Å². The van der Waals surface area contributed by atoms with Crippen LogP contribution in [-0.4, -0.2) is 27.4 Å². The number of imidazole rings is 1. The monoisotopic (exact) mass is 403 g/mol. The van der Waals surface area contributed by atoms with E-state index < -0.39 is 0 Å². The smallest absolute Gasteiger partial charge is 0.254 e. The highest BCUT2D eigenvalue weighted by Crippen LogP contribution is 2.20. The number of carbonyl (C=O) groups is 1. The minimum atomic E-state index is -0.283. The SMILES string of the molecule is CCCn1c(CN(C)C(=O)c2cccc(Br)c2)nc2ccc(F)cc21. The van der Waals surface area contributed by atoms with Gasteiger partial charge in [0.25, 0.3) is 5.91 Å². The lowest BCUT2D eigenvalue weighted by Crippen LogP contribution is -2.27. The van der Waals surface area contributed by atoms with Gasteiger partial charge in [0.1, 0.15) is 11.6 Å². The summed E-state index contributed by atoms with van der Waals surface area (Å²) in [5, 5.41) is 0. The number of carbonyl (C=O) groups excluding carboxylic acids is 1. The van der Waals surface area contributed by atoms with Crippen LogP contribution in [0, 0.1) is 5.82 Å². The number of amides is 1. The summed E-state index contributed by atoms with van der Waals surface area (Å²) >= 11 is 3.39. The molecule has 0 saturated heterocycles. The van der Waals surface area contributed by atoms with E-state index in [9.17, 15) is 9.18 Å². The first-order valence-corrected chi connectivity index (χ1v) is 8.94. The predicted octanol–water partition coefficient (Wildman–Crippen LogP) is 4.62. The molecular formula is C19H19BrFN3O. The van der Waals surface area contributed by atoms with Gasteiger partial charge in [-0.1, -0.05) is 28.9 Å². The number of rotatable bonds is 5. The second-order valence-corrected chi connectivity index (χ2v) is 6.90.